The van der Waals surface area contributed by atoms with Gasteiger partial charge in [-0.15, -0.1) is 0 Å². The number of hydrogen-bond acceptors (Lipinski definition) is 3. The predicted octanol–water partition coefficient (Wildman–Crippen LogP) is 0.944. The van der Waals surface area contributed by atoms with E-state index in [2.05, 4.69) is 0 Å². The molecule has 0 saturated carbocycles. The fourth-order valence-electron chi connectivity index (χ4n) is 1.02. The van der Waals surface area contributed by atoms with Crippen LogP contribution in [0.5, 0.6) is 5.75 Å². The summed E-state index contributed by atoms with van der Waals surface area (Å²) < 4.78 is 5.10. The highest BCUT2D eigenvalue weighted by Crippen LogP contribution is 2.09. The highest BCUT2D eigenvalue weighted by Gasteiger charge is 1.93. The molecule has 3 heteroatoms. The van der Waals surface area contributed by atoms with Crippen LogP contribution in [0.2, 0.25) is 0 Å². The molecule has 0 heterocycles. The van der Waals surface area contributed by atoms with Gasteiger partial charge < -0.3 is 14.9 Å². The van der Waals surface area contributed by atoms with Crippen molar-refractivity contribution >= 4 is 0 Å². The van der Waals surface area contributed by atoms with E-state index in [1.165, 1.54) is 0 Å². The Morgan fingerprint density at radius 2 is 1.77 bits per heavy atom. The SMILES string of the molecule is OCCOCCc1ccc(O)cc1. The average molecular weight is 182 g/mol. The molecule has 0 atom stereocenters. The number of aliphatic hydroxyl groups excluding tert-OH is 1. The van der Waals surface area contributed by atoms with Crippen molar-refractivity contribution < 1.29 is 14.9 Å². The number of phenols is 1. The van der Waals surface area contributed by atoms with Gasteiger partial charge in [0.1, 0.15) is 5.75 Å². The van der Waals surface area contributed by atoms with Crippen LogP contribution in [-0.4, -0.2) is 30.0 Å². The number of rotatable bonds is 5. The number of ether oxygens (including phenoxy) is 1. The first-order valence-electron chi connectivity index (χ1n) is 4.29. The average Bonchev–Trinajstić information content (AvgIpc) is 2.15. The Hall–Kier alpha value is -1.06. The van der Waals surface area contributed by atoms with Crippen LogP contribution in [0.25, 0.3) is 0 Å². The van der Waals surface area contributed by atoms with Gasteiger partial charge in [-0.2, -0.15) is 0 Å². The summed E-state index contributed by atoms with van der Waals surface area (Å²) >= 11 is 0. The minimum Gasteiger partial charge on any atom is -0.508 e. The van der Waals surface area contributed by atoms with E-state index < -0.39 is 0 Å². The van der Waals surface area contributed by atoms with Crippen molar-refractivity contribution in [3.05, 3.63) is 29.8 Å². The van der Waals surface area contributed by atoms with Crippen LogP contribution in [-0.2, 0) is 11.2 Å². The van der Waals surface area contributed by atoms with Gasteiger partial charge in [0.15, 0.2) is 0 Å². The molecule has 0 bridgehead atoms. The first-order chi connectivity index (χ1) is 6.33. The Kier molecular flexibility index (Phi) is 4.29. The minimum atomic E-state index is 0.0651. The molecule has 72 valence electrons. The molecule has 0 fully saturated rings. The zero-order chi connectivity index (χ0) is 9.52. The normalized spacial score (nSPS) is 10.2. The molecule has 0 aromatic heterocycles. The van der Waals surface area contributed by atoms with E-state index in [1.54, 1.807) is 12.1 Å². The van der Waals surface area contributed by atoms with Crippen LogP contribution < -0.4 is 0 Å². The second kappa shape index (κ2) is 5.56. The maximum absolute atomic E-state index is 9.00. The van der Waals surface area contributed by atoms with Gasteiger partial charge in [-0.1, -0.05) is 12.1 Å². The molecule has 0 saturated heterocycles. The van der Waals surface area contributed by atoms with E-state index in [4.69, 9.17) is 14.9 Å². The summed E-state index contributed by atoms with van der Waals surface area (Å²) in [5.74, 6) is 0.278. The molecule has 0 aliphatic heterocycles. The Labute approximate surface area is 77.6 Å². The molecule has 0 spiro atoms. The lowest BCUT2D eigenvalue weighted by molar-refractivity contribution is 0.0944. The van der Waals surface area contributed by atoms with Gasteiger partial charge in [0.05, 0.1) is 19.8 Å². The summed E-state index contributed by atoms with van der Waals surface area (Å²) in [6.07, 6.45) is 0.806. The number of benzene rings is 1. The van der Waals surface area contributed by atoms with Gasteiger partial charge in [-0.25, -0.2) is 0 Å². The molecule has 0 amide bonds. The van der Waals surface area contributed by atoms with E-state index in [1.807, 2.05) is 12.1 Å². The minimum absolute atomic E-state index is 0.0651. The number of aromatic hydroxyl groups is 1. The smallest absolute Gasteiger partial charge is 0.115 e. The summed E-state index contributed by atoms with van der Waals surface area (Å²) in [6.45, 7) is 1.05. The molecule has 0 aliphatic rings. The third-order valence-electron chi connectivity index (χ3n) is 1.71. The summed E-state index contributed by atoms with van der Waals surface area (Å²) in [5.41, 5.74) is 1.12. The molecule has 1 aromatic carbocycles. The van der Waals surface area contributed by atoms with E-state index in [-0.39, 0.29) is 12.4 Å². The second-order valence-corrected chi connectivity index (χ2v) is 2.75. The van der Waals surface area contributed by atoms with Crippen molar-refractivity contribution in [1.82, 2.24) is 0 Å². The highest BCUT2D eigenvalue weighted by molar-refractivity contribution is 5.25. The number of aliphatic hydroxyl groups is 1. The van der Waals surface area contributed by atoms with Crippen LogP contribution in [0.1, 0.15) is 5.56 Å². The molecule has 13 heavy (non-hydrogen) atoms. The third-order valence-corrected chi connectivity index (χ3v) is 1.71. The van der Waals surface area contributed by atoms with Crippen molar-refractivity contribution in [1.29, 1.82) is 0 Å². The van der Waals surface area contributed by atoms with Gasteiger partial charge in [0.25, 0.3) is 0 Å². The maximum Gasteiger partial charge on any atom is 0.115 e. The number of phenolic OH excluding ortho intramolecular Hbond substituents is 1. The van der Waals surface area contributed by atoms with E-state index in [9.17, 15) is 0 Å². The molecule has 0 unspecified atom stereocenters. The van der Waals surface area contributed by atoms with Crippen molar-refractivity contribution in [2.24, 2.45) is 0 Å². The number of hydrogen-bond donors (Lipinski definition) is 2. The van der Waals surface area contributed by atoms with Gasteiger partial charge >= 0.3 is 0 Å². The van der Waals surface area contributed by atoms with Gasteiger partial charge in [0, 0.05) is 0 Å². The lowest BCUT2D eigenvalue weighted by Gasteiger charge is -2.02. The molecule has 1 aromatic rings. The zero-order valence-electron chi connectivity index (χ0n) is 7.44. The third kappa shape index (κ3) is 3.92. The van der Waals surface area contributed by atoms with Crippen molar-refractivity contribution in [3.63, 3.8) is 0 Å². The standard InChI is InChI=1S/C10H14O3/c11-6-8-13-7-5-9-1-3-10(12)4-2-9/h1-4,11-12H,5-8H2. The van der Waals surface area contributed by atoms with Crippen LogP contribution in [0.4, 0.5) is 0 Å². The lowest BCUT2D eigenvalue weighted by atomic mass is 10.1. The van der Waals surface area contributed by atoms with Crippen LogP contribution in [0, 0.1) is 0 Å². The highest BCUT2D eigenvalue weighted by atomic mass is 16.5. The van der Waals surface area contributed by atoms with E-state index >= 15 is 0 Å². The summed E-state index contributed by atoms with van der Waals surface area (Å²) in [7, 11) is 0. The molecule has 0 aliphatic carbocycles. The van der Waals surface area contributed by atoms with Crippen LogP contribution in [0.15, 0.2) is 24.3 Å². The van der Waals surface area contributed by atoms with Crippen molar-refractivity contribution in [2.75, 3.05) is 19.8 Å². The van der Waals surface area contributed by atoms with Gasteiger partial charge in [-0.05, 0) is 24.1 Å². The Bertz CT molecular complexity index is 230. The fourth-order valence-corrected chi connectivity index (χ4v) is 1.02. The molecular weight excluding hydrogens is 168 g/mol. The topological polar surface area (TPSA) is 49.7 Å². The zero-order valence-corrected chi connectivity index (χ0v) is 7.44. The maximum atomic E-state index is 9.00. The molecule has 0 radical (unpaired) electrons. The van der Waals surface area contributed by atoms with Crippen LogP contribution >= 0.6 is 0 Å². The first kappa shape index (κ1) is 10.0. The van der Waals surface area contributed by atoms with E-state index in [0.29, 0.717) is 13.2 Å². The van der Waals surface area contributed by atoms with Crippen molar-refractivity contribution in [2.45, 2.75) is 6.42 Å². The van der Waals surface area contributed by atoms with Crippen molar-refractivity contribution in [3.8, 4) is 5.75 Å². The van der Waals surface area contributed by atoms with Gasteiger partial charge in [0.2, 0.25) is 0 Å². The lowest BCUT2D eigenvalue weighted by Crippen LogP contribution is -2.02. The Morgan fingerprint density at radius 3 is 2.38 bits per heavy atom. The largest absolute Gasteiger partial charge is 0.508 e. The summed E-state index contributed by atoms with van der Waals surface area (Å²) in [6, 6.07) is 7.03. The summed E-state index contributed by atoms with van der Waals surface area (Å²) in [5, 5.41) is 17.4. The fraction of sp³-hybridized carbons (Fsp3) is 0.400. The quantitative estimate of drug-likeness (QED) is 0.666. The van der Waals surface area contributed by atoms with E-state index in [0.717, 1.165) is 12.0 Å². The predicted molar refractivity (Wildman–Crippen MR) is 49.7 cm³/mol. The molecule has 3 nitrogen and oxygen atoms in total. The van der Waals surface area contributed by atoms with Gasteiger partial charge in [-0.3, -0.25) is 0 Å². The monoisotopic (exact) mass is 182 g/mol. The first-order valence-corrected chi connectivity index (χ1v) is 4.29. The Balaban J connectivity index is 2.25. The molecular formula is C10H14O3. The molecule has 1 rings (SSSR count). The summed E-state index contributed by atoms with van der Waals surface area (Å²) in [4.78, 5) is 0. The second-order valence-electron chi connectivity index (χ2n) is 2.75. The van der Waals surface area contributed by atoms with Crippen LogP contribution in [0.3, 0.4) is 0 Å². The Morgan fingerprint density at radius 1 is 1.08 bits per heavy atom. The molecule has 2 N–H and O–H groups in total.